The fourth-order valence-corrected chi connectivity index (χ4v) is 3.78. The van der Waals surface area contributed by atoms with E-state index in [-0.39, 0.29) is 17.7 Å². The van der Waals surface area contributed by atoms with Gasteiger partial charge >= 0.3 is 0 Å². The van der Waals surface area contributed by atoms with Crippen molar-refractivity contribution in [2.75, 3.05) is 10.6 Å². The second kappa shape index (κ2) is 16.0. The molecule has 0 atom stereocenters. The minimum absolute atomic E-state index is 0.167. The first-order chi connectivity index (χ1) is 17.3. The molecule has 0 bridgehead atoms. The molecule has 0 unspecified atom stereocenters. The van der Waals surface area contributed by atoms with Crippen LogP contribution in [0.1, 0.15) is 91.9 Å². The lowest BCUT2D eigenvalue weighted by Gasteiger charge is -2.22. The summed E-state index contributed by atoms with van der Waals surface area (Å²) in [6, 6.07) is 4.05. The van der Waals surface area contributed by atoms with E-state index in [1.807, 2.05) is 0 Å². The lowest BCUT2D eigenvalue weighted by Crippen LogP contribution is -2.23. The molecular formula is C27H42F2N6O. The van der Waals surface area contributed by atoms with Crippen LogP contribution in [0, 0.1) is 11.6 Å². The van der Waals surface area contributed by atoms with Crippen LogP contribution in [0.5, 0.6) is 0 Å². The van der Waals surface area contributed by atoms with Gasteiger partial charge in [-0.15, -0.1) is 0 Å². The molecule has 36 heavy (non-hydrogen) atoms. The van der Waals surface area contributed by atoms with Gasteiger partial charge in [-0.25, -0.2) is 13.8 Å². The lowest BCUT2D eigenvalue weighted by molar-refractivity contribution is 0.216. The van der Waals surface area contributed by atoms with E-state index >= 15 is 0 Å². The molecule has 0 radical (unpaired) electrons. The quantitative estimate of drug-likeness (QED) is 0.237. The van der Waals surface area contributed by atoms with Gasteiger partial charge in [-0.05, 0) is 38.8 Å². The van der Waals surface area contributed by atoms with Gasteiger partial charge in [0.1, 0.15) is 22.8 Å². The van der Waals surface area contributed by atoms with E-state index < -0.39 is 11.6 Å². The van der Waals surface area contributed by atoms with Crippen LogP contribution in [0.3, 0.4) is 0 Å². The largest absolute Gasteiger partial charge is 0.394 e. The number of fused-ring (bicyclic) bond motifs is 1. The third-order valence-electron chi connectivity index (χ3n) is 5.59. The number of nitrogens with one attached hydrogen (secondary N) is 3. The Bertz CT molecular complexity index is 994. The van der Waals surface area contributed by atoms with E-state index in [0.717, 1.165) is 12.8 Å². The van der Waals surface area contributed by atoms with E-state index in [2.05, 4.69) is 44.4 Å². The van der Waals surface area contributed by atoms with E-state index in [1.165, 1.54) is 69.6 Å². The summed E-state index contributed by atoms with van der Waals surface area (Å²) >= 11 is 0. The number of anilines is 3. The molecule has 2 aromatic heterocycles. The average Bonchev–Trinajstić information content (AvgIpc) is 3.24. The SMILES string of the molecule is CC(C)O.CCCCCCC.Fc1cccc(F)c1Nc1nc2nc(NC3CCCCC3)ncc2[nH]1. The van der Waals surface area contributed by atoms with Crippen LogP contribution in [0.15, 0.2) is 24.4 Å². The van der Waals surface area contributed by atoms with Crippen LogP contribution in [-0.4, -0.2) is 37.2 Å². The first kappa shape index (κ1) is 29.4. The van der Waals surface area contributed by atoms with E-state index in [1.54, 1.807) is 20.0 Å². The molecule has 0 amide bonds. The van der Waals surface area contributed by atoms with Crippen LogP contribution in [-0.2, 0) is 0 Å². The van der Waals surface area contributed by atoms with Crippen LogP contribution < -0.4 is 10.6 Å². The molecule has 2 heterocycles. The normalized spacial score (nSPS) is 13.6. The van der Waals surface area contributed by atoms with Crippen LogP contribution in [0.4, 0.5) is 26.4 Å². The Morgan fingerprint density at radius 2 is 1.61 bits per heavy atom. The molecule has 7 nitrogen and oxygen atoms in total. The fourth-order valence-electron chi connectivity index (χ4n) is 3.78. The highest BCUT2D eigenvalue weighted by Crippen LogP contribution is 2.24. The highest BCUT2D eigenvalue weighted by atomic mass is 19.1. The summed E-state index contributed by atoms with van der Waals surface area (Å²) in [6.07, 6.45) is 14.4. The monoisotopic (exact) mass is 504 g/mol. The summed E-state index contributed by atoms with van der Waals surface area (Å²) < 4.78 is 27.5. The third kappa shape index (κ3) is 10.4. The number of rotatable bonds is 8. The van der Waals surface area contributed by atoms with Crippen molar-refractivity contribution in [1.29, 1.82) is 0 Å². The molecule has 9 heteroatoms. The van der Waals surface area contributed by atoms with Crippen molar-refractivity contribution < 1.29 is 13.9 Å². The van der Waals surface area contributed by atoms with Gasteiger partial charge in [-0.3, -0.25) is 0 Å². The number of unbranched alkanes of at least 4 members (excludes halogenated alkanes) is 4. The maximum Gasteiger partial charge on any atom is 0.225 e. The number of aromatic nitrogens is 4. The molecule has 4 rings (SSSR count). The Morgan fingerprint density at radius 3 is 2.19 bits per heavy atom. The molecule has 4 N–H and O–H groups in total. The number of benzene rings is 1. The molecule has 1 aliphatic carbocycles. The predicted molar refractivity (Wildman–Crippen MR) is 144 cm³/mol. The van der Waals surface area contributed by atoms with Gasteiger partial charge in [0.05, 0.1) is 6.20 Å². The van der Waals surface area contributed by atoms with Crippen molar-refractivity contribution in [1.82, 2.24) is 19.9 Å². The van der Waals surface area contributed by atoms with Gasteiger partial charge in [-0.2, -0.15) is 9.97 Å². The zero-order chi connectivity index (χ0) is 26.3. The number of aliphatic hydroxyl groups excluding tert-OH is 1. The average molecular weight is 505 g/mol. The molecule has 1 saturated carbocycles. The number of aliphatic hydroxyl groups is 1. The summed E-state index contributed by atoms with van der Waals surface area (Å²) in [5, 5.41) is 14.0. The minimum atomic E-state index is -0.689. The topological polar surface area (TPSA) is 98.8 Å². The number of aromatic amines is 1. The van der Waals surface area contributed by atoms with Gasteiger partial charge < -0.3 is 20.7 Å². The Hall–Kier alpha value is -2.81. The number of imidazole rings is 1. The highest BCUT2D eigenvalue weighted by molar-refractivity contribution is 5.75. The molecule has 1 aliphatic rings. The molecule has 0 saturated heterocycles. The minimum Gasteiger partial charge on any atom is -0.394 e. The summed E-state index contributed by atoms with van der Waals surface area (Å²) in [5.41, 5.74) is 0.774. The first-order valence-electron chi connectivity index (χ1n) is 13.2. The predicted octanol–water partition coefficient (Wildman–Crippen LogP) is 7.48. The maximum absolute atomic E-state index is 13.7. The zero-order valence-corrected chi connectivity index (χ0v) is 22.1. The van der Waals surface area contributed by atoms with Gasteiger partial charge in [0, 0.05) is 12.1 Å². The second-order valence-electron chi connectivity index (χ2n) is 9.37. The second-order valence-corrected chi connectivity index (χ2v) is 9.37. The lowest BCUT2D eigenvalue weighted by atomic mass is 9.96. The summed E-state index contributed by atoms with van der Waals surface area (Å²) in [5.74, 6) is -0.643. The fraction of sp³-hybridized carbons (Fsp3) is 0.593. The molecular weight excluding hydrogens is 462 g/mol. The molecule has 0 aliphatic heterocycles. The number of H-pyrrole nitrogens is 1. The van der Waals surface area contributed by atoms with Crippen molar-refractivity contribution in [3.63, 3.8) is 0 Å². The van der Waals surface area contributed by atoms with Crippen molar-refractivity contribution in [2.24, 2.45) is 0 Å². The molecule has 3 aromatic rings. The zero-order valence-electron chi connectivity index (χ0n) is 22.1. The van der Waals surface area contributed by atoms with Crippen LogP contribution >= 0.6 is 0 Å². The highest BCUT2D eigenvalue weighted by Gasteiger charge is 2.16. The van der Waals surface area contributed by atoms with E-state index in [0.29, 0.717) is 23.2 Å². The summed E-state index contributed by atoms with van der Waals surface area (Å²) in [4.78, 5) is 15.8. The van der Waals surface area contributed by atoms with Crippen molar-refractivity contribution in [3.05, 3.63) is 36.0 Å². The number of nitrogens with zero attached hydrogens (tertiary/aromatic N) is 3. The summed E-state index contributed by atoms with van der Waals surface area (Å²) in [6.45, 7) is 7.94. The first-order valence-corrected chi connectivity index (χ1v) is 13.2. The number of hydrogen-bond acceptors (Lipinski definition) is 6. The third-order valence-corrected chi connectivity index (χ3v) is 5.59. The Morgan fingerprint density at radius 1 is 1.00 bits per heavy atom. The Kier molecular flexibility index (Phi) is 13.1. The van der Waals surface area contributed by atoms with Crippen molar-refractivity contribution in [2.45, 2.75) is 104 Å². The Balaban J connectivity index is 0.000000351. The van der Waals surface area contributed by atoms with E-state index in [4.69, 9.17) is 5.11 Å². The molecule has 1 aromatic carbocycles. The number of para-hydroxylation sites is 1. The number of hydrogen-bond donors (Lipinski definition) is 4. The Labute approximate surface area is 213 Å². The van der Waals surface area contributed by atoms with Crippen LogP contribution in [0.25, 0.3) is 11.2 Å². The van der Waals surface area contributed by atoms with Crippen molar-refractivity contribution in [3.8, 4) is 0 Å². The van der Waals surface area contributed by atoms with Crippen LogP contribution in [0.2, 0.25) is 0 Å². The van der Waals surface area contributed by atoms with Gasteiger partial charge in [-0.1, -0.05) is 71.3 Å². The maximum atomic E-state index is 13.7. The van der Waals surface area contributed by atoms with E-state index in [9.17, 15) is 8.78 Å². The van der Waals surface area contributed by atoms with Gasteiger partial charge in [0.15, 0.2) is 5.65 Å². The van der Waals surface area contributed by atoms with Gasteiger partial charge in [0.25, 0.3) is 0 Å². The standard InChI is InChI=1S/C17H18F2N6.C7H16.C3H8O/c18-11-7-4-8-12(19)14(11)23-17-22-13-9-20-16(24-15(13)25-17)21-10-5-2-1-3-6-10;1-3-5-7-6-4-2;1-3(2)4/h4,7-10H,1-3,5-6H2,(H3,20,21,22,23,24,25);3-7H2,1-2H3;3-4H,1-2H3. The summed E-state index contributed by atoms with van der Waals surface area (Å²) in [7, 11) is 0. The number of halogens is 2. The molecule has 1 fully saturated rings. The molecule has 200 valence electrons. The molecule has 0 spiro atoms. The van der Waals surface area contributed by atoms with Crippen molar-refractivity contribution >= 4 is 28.7 Å². The van der Waals surface area contributed by atoms with Gasteiger partial charge in [0.2, 0.25) is 11.9 Å². The smallest absolute Gasteiger partial charge is 0.225 e.